The van der Waals surface area contributed by atoms with Crippen LogP contribution in [0.25, 0.3) is 0 Å². The lowest BCUT2D eigenvalue weighted by atomic mass is 9.95. The summed E-state index contributed by atoms with van der Waals surface area (Å²) in [5.41, 5.74) is 10.5. The molecule has 0 bridgehead atoms. The summed E-state index contributed by atoms with van der Waals surface area (Å²) in [7, 11) is 0. The van der Waals surface area contributed by atoms with Crippen LogP contribution in [0.2, 0.25) is 0 Å². The maximum absolute atomic E-state index is 12.8. The minimum Gasteiger partial charge on any atom is -0.508 e. The van der Waals surface area contributed by atoms with Crippen LogP contribution in [0.5, 0.6) is 11.5 Å². The fourth-order valence-electron chi connectivity index (χ4n) is 3.85. The zero-order valence-electron chi connectivity index (χ0n) is 19.6. The quantitative estimate of drug-likeness (QED) is 0.273. The Labute approximate surface area is 212 Å². The number of phenolic OH excluding ortho intramolecular Hbond substituents is 1. The molecule has 0 aliphatic heterocycles. The second kappa shape index (κ2) is 11.0. The topological polar surface area (TPSA) is 143 Å². The summed E-state index contributed by atoms with van der Waals surface area (Å²) in [5.74, 6) is -0.805. The Hall–Kier alpha value is -4.18. The van der Waals surface area contributed by atoms with Gasteiger partial charge in [0.25, 0.3) is 17.7 Å². The van der Waals surface area contributed by atoms with Crippen LogP contribution < -0.4 is 21.2 Å². The van der Waals surface area contributed by atoms with Crippen molar-refractivity contribution in [2.45, 2.75) is 38.7 Å². The standard InChI is InChI=1S/C26H26N4O5S/c1-15(24(33)30-28-14-16-6-10-18(31)11-7-16)35-19-12-8-17(9-13-19)25(34)29-26-22(23(27)32)20-4-2-3-5-21(20)36-26/h6-15,31H,2-5H2,1H3,(H2,27,32)(H,29,34)(H,30,33)/b28-14-/t15-/m0/s1. The van der Waals surface area contributed by atoms with E-state index in [9.17, 15) is 19.5 Å². The summed E-state index contributed by atoms with van der Waals surface area (Å²) in [5, 5.41) is 16.5. The van der Waals surface area contributed by atoms with Crippen molar-refractivity contribution in [2.75, 3.05) is 5.32 Å². The van der Waals surface area contributed by atoms with Gasteiger partial charge in [0.1, 0.15) is 16.5 Å². The molecule has 36 heavy (non-hydrogen) atoms. The molecule has 3 amide bonds. The van der Waals surface area contributed by atoms with Crippen LogP contribution in [0.15, 0.2) is 53.6 Å². The van der Waals surface area contributed by atoms with Gasteiger partial charge in [0.2, 0.25) is 0 Å². The highest BCUT2D eigenvalue weighted by molar-refractivity contribution is 7.17. The Morgan fingerprint density at radius 1 is 1.08 bits per heavy atom. The first-order valence-corrected chi connectivity index (χ1v) is 12.3. The molecule has 1 aromatic heterocycles. The third-order valence-electron chi connectivity index (χ3n) is 5.72. The minimum atomic E-state index is -0.836. The van der Waals surface area contributed by atoms with Crippen molar-refractivity contribution < 1.29 is 24.2 Å². The van der Waals surface area contributed by atoms with E-state index >= 15 is 0 Å². The predicted octanol–water partition coefficient (Wildman–Crippen LogP) is 3.60. The number of thiophene rings is 1. The molecular formula is C26H26N4O5S. The minimum absolute atomic E-state index is 0.141. The second-order valence-electron chi connectivity index (χ2n) is 8.34. The molecule has 10 heteroatoms. The molecule has 2 aromatic carbocycles. The van der Waals surface area contributed by atoms with Gasteiger partial charge < -0.3 is 20.9 Å². The molecule has 3 aromatic rings. The van der Waals surface area contributed by atoms with E-state index in [2.05, 4.69) is 15.8 Å². The Bertz CT molecular complexity index is 1300. The molecule has 1 aliphatic rings. The largest absolute Gasteiger partial charge is 0.508 e. The molecule has 0 radical (unpaired) electrons. The number of nitrogens with zero attached hydrogens (tertiary/aromatic N) is 1. The van der Waals surface area contributed by atoms with Gasteiger partial charge in [-0.2, -0.15) is 5.10 Å². The van der Waals surface area contributed by atoms with Gasteiger partial charge in [-0.05, 0) is 92.3 Å². The van der Waals surface area contributed by atoms with Crippen LogP contribution in [-0.4, -0.2) is 35.1 Å². The van der Waals surface area contributed by atoms with Crippen LogP contribution >= 0.6 is 11.3 Å². The number of nitrogens with two attached hydrogens (primary N) is 1. The molecule has 0 unspecified atom stereocenters. The first-order valence-electron chi connectivity index (χ1n) is 11.5. The fraction of sp³-hybridized carbons (Fsp3) is 0.231. The van der Waals surface area contributed by atoms with Gasteiger partial charge in [0.15, 0.2) is 6.10 Å². The zero-order chi connectivity index (χ0) is 25.7. The lowest BCUT2D eigenvalue weighted by Crippen LogP contribution is -2.33. The summed E-state index contributed by atoms with van der Waals surface area (Å²) in [6, 6.07) is 12.7. The number of anilines is 1. The highest BCUT2D eigenvalue weighted by atomic mass is 32.1. The Balaban J connectivity index is 1.34. The van der Waals surface area contributed by atoms with Crippen molar-refractivity contribution in [1.29, 1.82) is 0 Å². The number of carbonyl (C=O) groups is 3. The van der Waals surface area contributed by atoms with Gasteiger partial charge in [-0.15, -0.1) is 11.3 Å². The lowest BCUT2D eigenvalue weighted by molar-refractivity contribution is -0.127. The third kappa shape index (κ3) is 5.89. The number of primary amides is 1. The van der Waals surface area contributed by atoms with Crippen LogP contribution in [-0.2, 0) is 17.6 Å². The number of aromatic hydroxyl groups is 1. The lowest BCUT2D eigenvalue weighted by Gasteiger charge is -2.13. The maximum atomic E-state index is 12.8. The van der Waals surface area contributed by atoms with Crippen LogP contribution in [0.3, 0.4) is 0 Å². The van der Waals surface area contributed by atoms with Crippen molar-refractivity contribution in [3.05, 3.63) is 75.7 Å². The number of amides is 3. The zero-order valence-corrected chi connectivity index (χ0v) is 20.4. The maximum Gasteiger partial charge on any atom is 0.280 e. The number of nitrogens with one attached hydrogen (secondary N) is 2. The van der Waals surface area contributed by atoms with E-state index in [1.165, 1.54) is 29.7 Å². The highest BCUT2D eigenvalue weighted by Gasteiger charge is 2.25. The number of rotatable bonds is 8. The van der Waals surface area contributed by atoms with Gasteiger partial charge in [0.05, 0.1) is 11.8 Å². The molecule has 0 spiro atoms. The first kappa shape index (κ1) is 24.9. The Morgan fingerprint density at radius 2 is 1.78 bits per heavy atom. The van der Waals surface area contributed by atoms with Crippen molar-refractivity contribution in [2.24, 2.45) is 10.8 Å². The Morgan fingerprint density at radius 3 is 2.47 bits per heavy atom. The van der Waals surface area contributed by atoms with Crippen LogP contribution in [0.4, 0.5) is 5.00 Å². The number of hydrazone groups is 1. The van der Waals surface area contributed by atoms with Crippen molar-refractivity contribution in [3.8, 4) is 11.5 Å². The fourth-order valence-corrected chi connectivity index (χ4v) is 5.14. The van der Waals surface area contributed by atoms with E-state index in [0.29, 0.717) is 27.4 Å². The molecule has 186 valence electrons. The number of ether oxygens (including phenoxy) is 1. The molecular weight excluding hydrogens is 480 g/mol. The predicted molar refractivity (Wildman–Crippen MR) is 138 cm³/mol. The van der Waals surface area contributed by atoms with Gasteiger partial charge in [-0.25, -0.2) is 5.43 Å². The molecule has 1 aliphatic carbocycles. The van der Waals surface area contributed by atoms with Crippen molar-refractivity contribution >= 4 is 40.3 Å². The number of aryl methyl sites for hydroxylation is 1. The molecule has 0 saturated carbocycles. The molecule has 9 nitrogen and oxygen atoms in total. The van der Waals surface area contributed by atoms with Gasteiger partial charge >= 0.3 is 0 Å². The van der Waals surface area contributed by atoms with Crippen LogP contribution in [0.1, 0.15) is 56.5 Å². The van der Waals surface area contributed by atoms with Crippen molar-refractivity contribution in [1.82, 2.24) is 5.43 Å². The highest BCUT2D eigenvalue weighted by Crippen LogP contribution is 2.38. The number of phenols is 1. The van der Waals surface area contributed by atoms with E-state index in [4.69, 9.17) is 10.5 Å². The van der Waals surface area contributed by atoms with E-state index in [1.54, 1.807) is 43.3 Å². The molecule has 1 atom stereocenters. The second-order valence-corrected chi connectivity index (χ2v) is 9.45. The van der Waals surface area contributed by atoms with Gasteiger partial charge in [0, 0.05) is 10.4 Å². The molecule has 0 fully saturated rings. The Kier molecular flexibility index (Phi) is 7.65. The molecule has 0 saturated heterocycles. The smallest absolute Gasteiger partial charge is 0.280 e. The average Bonchev–Trinajstić information content (AvgIpc) is 3.23. The van der Waals surface area contributed by atoms with E-state index in [-0.39, 0.29) is 11.7 Å². The summed E-state index contributed by atoms with van der Waals surface area (Å²) in [4.78, 5) is 38.2. The number of carbonyl (C=O) groups excluding carboxylic acids is 3. The van der Waals surface area contributed by atoms with E-state index < -0.39 is 17.9 Å². The molecule has 1 heterocycles. The summed E-state index contributed by atoms with van der Waals surface area (Å²) in [6.45, 7) is 1.58. The average molecular weight is 507 g/mol. The summed E-state index contributed by atoms with van der Waals surface area (Å²) < 4.78 is 5.64. The third-order valence-corrected chi connectivity index (χ3v) is 6.93. The van der Waals surface area contributed by atoms with E-state index in [1.807, 2.05) is 0 Å². The van der Waals surface area contributed by atoms with E-state index in [0.717, 1.165) is 36.1 Å². The normalized spacial score (nSPS) is 13.6. The number of fused-ring (bicyclic) bond motifs is 1. The summed E-state index contributed by atoms with van der Waals surface area (Å²) >= 11 is 1.41. The number of hydrogen-bond donors (Lipinski definition) is 4. The SMILES string of the molecule is C[C@H](Oc1ccc(C(=O)Nc2sc3c(c2C(N)=O)CCCC3)cc1)C(=O)N/N=C\c1ccc(O)cc1. The molecule has 4 rings (SSSR count). The monoisotopic (exact) mass is 506 g/mol. The number of benzene rings is 2. The van der Waals surface area contributed by atoms with Gasteiger partial charge in [-0.3, -0.25) is 14.4 Å². The van der Waals surface area contributed by atoms with Gasteiger partial charge in [-0.1, -0.05) is 0 Å². The number of hydrogen-bond acceptors (Lipinski definition) is 7. The molecule has 5 N–H and O–H groups in total. The van der Waals surface area contributed by atoms with Crippen molar-refractivity contribution in [3.63, 3.8) is 0 Å². The first-order chi connectivity index (χ1) is 17.3. The summed E-state index contributed by atoms with van der Waals surface area (Å²) in [6.07, 6.45) is 4.35. The van der Waals surface area contributed by atoms with Crippen LogP contribution in [0, 0.1) is 0 Å².